The maximum absolute atomic E-state index is 7.88. The lowest BCUT2D eigenvalue weighted by Gasteiger charge is -2.30. The number of anilines is 1. The molecule has 1 aromatic rings. The van der Waals surface area contributed by atoms with Crippen molar-refractivity contribution in [3.63, 3.8) is 0 Å². The second kappa shape index (κ2) is 6.46. The smallest absolute Gasteiger partial charge is 0.139 e. The molecule has 1 unspecified atom stereocenters. The quantitative estimate of drug-likeness (QED) is 0.646. The van der Waals surface area contributed by atoms with Gasteiger partial charge < -0.3 is 10.6 Å². The van der Waals surface area contributed by atoms with E-state index in [1.807, 2.05) is 0 Å². The topological polar surface area (TPSA) is 66.0 Å². The molecule has 1 aromatic heterocycles. The summed E-state index contributed by atoms with van der Waals surface area (Å²) in [5.41, 5.74) is 9.07. The van der Waals surface area contributed by atoms with E-state index in [1.165, 1.54) is 24.1 Å². The van der Waals surface area contributed by atoms with Crippen molar-refractivity contribution < 1.29 is 0 Å². The molecular formula is C17H28N4. The van der Waals surface area contributed by atoms with Gasteiger partial charge in [-0.2, -0.15) is 0 Å². The molecule has 0 bridgehead atoms. The Labute approximate surface area is 128 Å². The first-order valence-corrected chi connectivity index (χ1v) is 8.00. The van der Waals surface area contributed by atoms with Crippen molar-refractivity contribution in [2.24, 2.45) is 11.7 Å². The number of hydrogen-bond donors (Lipinski definition) is 2. The molecule has 116 valence electrons. The fourth-order valence-electron chi connectivity index (χ4n) is 3.14. The second-order valence-electron chi connectivity index (χ2n) is 6.68. The molecule has 3 N–H and O–H groups in total. The number of aromatic nitrogens is 1. The van der Waals surface area contributed by atoms with Crippen LogP contribution in [0, 0.1) is 11.3 Å². The summed E-state index contributed by atoms with van der Waals surface area (Å²) in [5.74, 6) is 1.63. The van der Waals surface area contributed by atoms with Crippen molar-refractivity contribution in [2.75, 3.05) is 11.9 Å². The highest BCUT2D eigenvalue weighted by molar-refractivity contribution is 5.99. The van der Waals surface area contributed by atoms with E-state index in [1.54, 1.807) is 0 Å². The minimum Gasteiger partial charge on any atom is -0.384 e. The number of rotatable bonds is 5. The Morgan fingerprint density at radius 3 is 2.62 bits per heavy atom. The van der Waals surface area contributed by atoms with Gasteiger partial charge in [-0.1, -0.05) is 13.8 Å². The maximum Gasteiger partial charge on any atom is 0.139 e. The third-order valence-corrected chi connectivity index (χ3v) is 4.38. The van der Waals surface area contributed by atoms with Crippen LogP contribution in [0.4, 0.5) is 5.82 Å². The van der Waals surface area contributed by atoms with E-state index in [-0.39, 0.29) is 5.84 Å². The van der Waals surface area contributed by atoms with Crippen LogP contribution >= 0.6 is 0 Å². The van der Waals surface area contributed by atoms with Crippen molar-refractivity contribution in [3.05, 3.63) is 22.9 Å². The molecule has 1 heterocycles. The first kappa shape index (κ1) is 15.8. The van der Waals surface area contributed by atoms with Crippen LogP contribution in [-0.2, 0) is 12.8 Å². The summed E-state index contributed by atoms with van der Waals surface area (Å²) in [4.78, 5) is 7.05. The van der Waals surface area contributed by atoms with Crippen LogP contribution in [0.2, 0.25) is 0 Å². The van der Waals surface area contributed by atoms with Crippen molar-refractivity contribution >= 4 is 11.7 Å². The normalized spacial score (nSPS) is 15.7. The van der Waals surface area contributed by atoms with Crippen LogP contribution in [0.3, 0.4) is 0 Å². The Kier molecular flexibility index (Phi) is 4.86. The molecule has 0 spiro atoms. The van der Waals surface area contributed by atoms with Gasteiger partial charge in [-0.3, -0.25) is 5.41 Å². The summed E-state index contributed by atoms with van der Waals surface area (Å²) in [7, 11) is 2.07. The zero-order valence-electron chi connectivity index (χ0n) is 13.7. The fourth-order valence-corrected chi connectivity index (χ4v) is 3.14. The summed E-state index contributed by atoms with van der Waals surface area (Å²) in [6, 6.07) is 2.48. The van der Waals surface area contributed by atoms with Gasteiger partial charge in [0.05, 0.1) is 5.56 Å². The summed E-state index contributed by atoms with van der Waals surface area (Å²) < 4.78 is 0. The highest BCUT2D eigenvalue weighted by Crippen LogP contribution is 2.28. The van der Waals surface area contributed by atoms with Crippen LogP contribution in [0.25, 0.3) is 0 Å². The van der Waals surface area contributed by atoms with Crippen molar-refractivity contribution in [3.8, 4) is 0 Å². The molecule has 1 aliphatic rings. The number of nitrogens with one attached hydrogen (secondary N) is 1. The minimum absolute atomic E-state index is 0.120. The lowest BCUT2D eigenvalue weighted by Crippen LogP contribution is -2.33. The predicted molar refractivity (Wildman–Crippen MR) is 89.2 cm³/mol. The van der Waals surface area contributed by atoms with Crippen LogP contribution in [0.5, 0.6) is 0 Å². The lowest BCUT2D eigenvalue weighted by atomic mass is 9.94. The Morgan fingerprint density at radius 2 is 2.00 bits per heavy atom. The van der Waals surface area contributed by atoms with Crippen LogP contribution < -0.4 is 10.6 Å². The molecule has 21 heavy (non-hydrogen) atoms. The van der Waals surface area contributed by atoms with E-state index in [9.17, 15) is 0 Å². The Balaban J connectivity index is 2.38. The van der Waals surface area contributed by atoms with Crippen LogP contribution in [0.1, 0.15) is 56.9 Å². The maximum atomic E-state index is 7.88. The molecule has 2 rings (SSSR count). The molecule has 0 saturated carbocycles. The highest BCUT2D eigenvalue weighted by Gasteiger charge is 2.21. The van der Waals surface area contributed by atoms with Crippen LogP contribution in [0.15, 0.2) is 6.07 Å². The summed E-state index contributed by atoms with van der Waals surface area (Å²) in [5, 5.41) is 7.88. The van der Waals surface area contributed by atoms with Gasteiger partial charge in [0.25, 0.3) is 0 Å². The number of fused-ring (bicyclic) bond motifs is 1. The van der Waals surface area contributed by atoms with E-state index in [2.05, 4.69) is 38.8 Å². The largest absolute Gasteiger partial charge is 0.384 e. The average Bonchev–Trinajstić information content (AvgIpc) is 2.44. The van der Waals surface area contributed by atoms with Crippen molar-refractivity contribution in [2.45, 2.75) is 58.9 Å². The van der Waals surface area contributed by atoms with Gasteiger partial charge in [-0.25, -0.2) is 4.98 Å². The first-order valence-electron chi connectivity index (χ1n) is 8.00. The molecular weight excluding hydrogens is 260 g/mol. The molecule has 0 aromatic carbocycles. The van der Waals surface area contributed by atoms with Gasteiger partial charge in [-0.05, 0) is 56.6 Å². The number of aryl methyl sites for hydroxylation is 2. The third-order valence-electron chi connectivity index (χ3n) is 4.38. The van der Waals surface area contributed by atoms with Gasteiger partial charge in [0, 0.05) is 18.8 Å². The Morgan fingerprint density at radius 1 is 1.33 bits per heavy atom. The average molecular weight is 288 g/mol. The number of amidine groups is 1. The lowest BCUT2D eigenvalue weighted by molar-refractivity contribution is 0.501. The molecule has 1 atom stereocenters. The summed E-state index contributed by atoms with van der Waals surface area (Å²) >= 11 is 0. The number of nitrogens with two attached hydrogens (primary N) is 1. The van der Waals surface area contributed by atoms with Gasteiger partial charge >= 0.3 is 0 Å². The summed E-state index contributed by atoms with van der Waals surface area (Å²) in [6.07, 6.45) is 5.64. The predicted octanol–water partition coefficient (Wildman–Crippen LogP) is 3.12. The molecule has 0 aliphatic heterocycles. The molecule has 0 saturated heterocycles. The molecule has 0 amide bonds. The second-order valence-corrected chi connectivity index (χ2v) is 6.68. The SMILES string of the molecule is CC(C)CC(C)N(C)c1nc2c(cc1C(=N)N)CCCC2. The number of pyridine rings is 1. The monoisotopic (exact) mass is 288 g/mol. The van der Waals surface area contributed by atoms with Crippen molar-refractivity contribution in [1.29, 1.82) is 5.41 Å². The first-order chi connectivity index (χ1) is 9.90. The zero-order valence-corrected chi connectivity index (χ0v) is 13.7. The van der Waals surface area contributed by atoms with E-state index >= 15 is 0 Å². The van der Waals surface area contributed by atoms with E-state index in [0.717, 1.165) is 30.6 Å². The minimum atomic E-state index is 0.120. The zero-order chi connectivity index (χ0) is 15.6. The van der Waals surface area contributed by atoms with Gasteiger partial charge in [-0.15, -0.1) is 0 Å². The Bertz CT molecular complexity index is 522. The summed E-state index contributed by atoms with van der Waals surface area (Å²) in [6.45, 7) is 6.68. The van der Waals surface area contributed by atoms with Crippen molar-refractivity contribution in [1.82, 2.24) is 4.98 Å². The molecule has 0 radical (unpaired) electrons. The van der Waals surface area contributed by atoms with E-state index < -0.39 is 0 Å². The molecule has 1 aliphatic carbocycles. The molecule has 4 heteroatoms. The Hall–Kier alpha value is -1.58. The van der Waals surface area contributed by atoms with E-state index in [0.29, 0.717) is 12.0 Å². The van der Waals surface area contributed by atoms with Gasteiger partial charge in [0.2, 0.25) is 0 Å². The van der Waals surface area contributed by atoms with Crippen LogP contribution in [-0.4, -0.2) is 23.9 Å². The van der Waals surface area contributed by atoms with Gasteiger partial charge in [0.1, 0.15) is 11.7 Å². The molecule has 0 fully saturated rings. The van der Waals surface area contributed by atoms with Gasteiger partial charge in [0.15, 0.2) is 0 Å². The third kappa shape index (κ3) is 3.55. The van der Waals surface area contributed by atoms with E-state index in [4.69, 9.17) is 16.1 Å². The number of hydrogen-bond acceptors (Lipinski definition) is 3. The standard InChI is InChI=1S/C17H28N4/c1-11(2)9-12(3)21(4)17-14(16(18)19)10-13-7-5-6-8-15(13)20-17/h10-12H,5-9H2,1-4H3,(H3,18,19). The molecule has 4 nitrogen and oxygen atoms in total. The fraction of sp³-hybridized carbons (Fsp3) is 0.647. The number of nitrogen functional groups attached to an aromatic ring is 1. The number of nitrogens with zero attached hydrogens (tertiary/aromatic N) is 2. The highest BCUT2D eigenvalue weighted by atomic mass is 15.2.